The van der Waals surface area contributed by atoms with Crippen LogP contribution in [0.15, 0.2) is 211 Å². The summed E-state index contributed by atoms with van der Waals surface area (Å²) in [5.41, 5.74) is 18.0. The van der Waals surface area contributed by atoms with Crippen molar-refractivity contribution in [3.63, 3.8) is 0 Å². The molecule has 0 aromatic heterocycles. The van der Waals surface area contributed by atoms with Gasteiger partial charge in [0.2, 0.25) is 11.6 Å². The first kappa shape index (κ1) is 107. The predicted octanol–water partition coefficient (Wildman–Crippen LogP) is 23.9. The molecule has 0 saturated heterocycles. The van der Waals surface area contributed by atoms with E-state index < -0.39 is 157 Å². The summed E-state index contributed by atoms with van der Waals surface area (Å²) < 4.78 is 269. The third-order valence-corrected chi connectivity index (χ3v) is 18.3. The van der Waals surface area contributed by atoms with Crippen LogP contribution in [-0.2, 0) is 41.9 Å². The Morgan fingerprint density at radius 3 is 1.05 bits per heavy atom. The lowest BCUT2D eigenvalue weighted by Crippen LogP contribution is -2.10. The van der Waals surface area contributed by atoms with E-state index in [0.29, 0.717) is 11.6 Å². The van der Waals surface area contributed by atoms with Crippen LogP contribution >= 0.6 is 0 Å². The number of azide groups is 1. The third-order valence-electron chi connectivity index (χ3n) is 18.3. The number of anilines is 2. The zero-order valence-electron chi connectivity index (χ0n) is 69.7. The molecular formula is C95H71F20N5O13. The summed E-state index contributed by atoms with van der Waals surface area (Å²) in [5.74, 6) is -29.1. The number of rotatable bonds is 17. The number of nitrogens with zero attached hydrogens (tertiary/aromatic N) is 3. The molecule has 0 fully saturated rings. The molecule has 0 amide bonds. The third kappa shape index (κ3) is 29.7. The van der Waals surface area contributed by atoms with E-state index in [0.717, 1.165) is 48.9 Å². The maximum Gasteiger partial charge on any atom is 0.373 e. The fraction of sp³-hybridized carbons (Fsp3) is 0.116. The van der Waals surface area contributed by atoms with Crippen LogP contribution in [0, 0.1) is 144 Å². The zero-order valence-corrected chi connectivity index (χ0v) is 69.7. The lowest BCUT2D eigenvalue weighted by molar-refractivity contribution is -0.191. The highest BCUT2D eigenvalue weighted by Crippen LogP contribution is 2.35. The molecule has 0 heterocycles. The van der Waals surface area contributed by atoms with Crippen molar-refractivity contribution >= 4 is 52.7 Å². The summed E-state index contributed by atoms with van der Waals surface area (Å²) in [5, 5.41) is 47.6. The Hall–Kier alpha value is -16.1. The summed E-state index contributed by atoms with van der Waals surface area (Å²) in [6.07, 6.45) is -0.603. The highest BCUT2D eigenvalue weighted by Gasteiger charge is 2.27. The van der Waals surface area contributed by atoms with Gasteiger partial charge >= 0.3 is 24.1 Å². The monoisotopic (exact) mass is 1870 g/mol. The van der Waals surface area contributed by atoms with Crippen molar-refractivity contribution in [2.75, 3.05) is 11.5 Å². The van der Waals surface area contributed by atoms with Gasteiger partial charge < -0.3 is 41.7 Å². The lowest BCUT2D eigenvalue weighted by atomic mass is 9.94. The largest absolute Gasteiger partial charge is 0.506 e. The minimum atomic E-state index is -1.75. The minimum Gasteiger partial charge on any atom is -0.506 e. The van der Waals surface area contributed by atoms with Crippen LogP contribution in [-0.4, -0.2) is 61.2 Å². The Labute approximate surface area is 742 Å². The van der Waals surface area contributed by atoms with Crippen molar-refractivity contribution in [2.45, 2.75) is 73.8 Å². The second-order valence-electron chi connectivity index (χ2n) is 27.4. The average Bonchev–Trinajstić information content (AvgIpc) is 0.782. The summed E-state index contributed by atoms with van der Waals surface area (Å²) in [4.78, 5) is 74.7. The molecule has 0 atom stereocenters. The molecule has 0 aliphatic rings. The van der Waals surface area contributed by atoms with Crippen molar-refractivity contribution in [3.8, 4) is 17.2 Å². The molecule has 694 valence electrons. The first-order chi connectivity index (χ1) is 62.7. The van der Waals surface area contributed by atoms with Crippen molar-refractivity contribution in [1.29, 1.82) is 0 Å². The van der Waals surface area contributed by atoms with E-state index in [2.05, 4.69) is 10.0 Å². The highest BCUT2D eigenvalue weighted by molar-refractivity contribution is 5.97. The van der Waals surface area contributed by atoms with Gasteiger partial charge in [-0.3, -0.25) is 9.59 Å². The zero-order chi connectivity index (χ0) is 99.7. The molecule has 0 aliphatic carbocycles. The van der Waals surface area contributed by atoms with Crippen LogP contribution in [0.3, 0.4) is 0 Å². The van der Waals surface area contributed by atoms with Gasteiger partial charge in [-0.1, -0.05) is 120 Å². The highest BCUT2D eigenvalue weighted by atomic mass is 19.2. The molecule has 0 bridgehead atoms. The molecule has 0 saturated carbocycles. The lowest BCUT2D eigenvalue weighted by Gasteiger charge is -2.13. The number of phenolic OH excluding ortho intramolecular Hbond substituents is 2. The van der Waals surface area contributed by atoms with Crippen LogP contribution < -0.4 is 16.2 Å². The van der Waals surface area contributed by atoms with Gasteiger partial charge in [0.05, 0.1) is 28.1 Å². The van der Waals surface area contributed by atoms with E-state index in [1.807, 2.05) is 6.07 Å². The Morgan fingerprint density at radius 2 is 0.677 bits per heavy atom. The van der Waals surface area contributed by atoms with E-state index in [4.69, 9.17) is 51.8 Å². The van der Waals surface area contributed by atoms with Crippen LogP contribution in [0.25, 0.3) is 10.4 Å². The Balaban J connectivity index is 0.000000271. The number of nitrogens with two attached hydrogens (primary N) is 2. The molecule has 18 nitrogen and oxygen atoms in total. The molecule has 9 N–H and O–H groups in total. The van der Waals surface area contributed by atoms with Gasteiger partial charge in [0.25, 0.3) is 0 Å². The molecule has 0 unspecified atom stereocenters. The smallest absolute Gasteiger partial charge is 0.373 e. The van der Waals surface area contributed by atoms with Gasteiger partial charge in [0, 0.05) is 64.0 Å². The Morgan fingerprint density at radius 1 is 0.346 bits per heavy atom. The van der Waals surface area contributed by atoms with Gasteiger partial charge in [0.15, 0.2) is 92.9 Å². The number of aromatic hydroxyl groups is 2. The molecule has 133 heavy (non-hydrogen) atoms. The number of benzene rings is 13. The number of ether oxygens (including phenoxy) is 1. The molecule has 0 aliphatic heterocycles. The van der Waals surface area contributed by atoms with Gasteiger partial charge in [-0.15, -0.1) is 0 Å². The number of carbonyl (C=O) groups is 5. The van der Waals surface area contributed by atoms with Crippen LogP contribution in [0.4, 0.5) is 105 Å². The Bertz CT molecular complexity index is 6190. The number of aryl methyl sites for hydroxylation is 4. The van der Waals surface area contributed by atoms with Crippen molar-refractivity contribution in [1.82, 2.24) is 0 Å². The normalized spacial score (nSPS) is 10.1. The average molecular weight is 1870 g/mol. The van der Waals surface area contributed by atoms with Crippen LogP contribution in [0.1, 0.15) is 138 Å². The standard InChI is InChI=1S/C16H13F3O.C16H13F2N3O.C15H11F3O2.C14H11F2NO3.C13H9F3O.C8H5F3O2.C6H3F3O.C6H6FN.CO2/c1-9-7-12(10(2)20)13(16(19)15(9)18)8-11-5-3-4-6-14(11)17;1-9-7-12(10(2)22)13(15(18)16(9)20-21-19)8-11-5-3-4-6-14(11)17;1-8-6-11(15(19)20)10(14(18)13(8)17)7-9-4-2-3-5-12(9)16;15-10-4-2-1-3-7(10)5-8-9(14(19)20)6-11(18)13(17)12(8)16;14-10-6-7-11(13(16)12(10)15)17-8-9-4-2-1-3-5-9;1-3-2-4(8(12)13)6(10)7(11)5(3)9;7-3-1-2-4(10)6(9)5(3)8;7-5-3-1-2-4-6(5)8;2-1-3/h3-7H,8H2,1-2H3;3-7H,8H2,1-2H3;2-6H,7H2,1H3,(H,19,20);1-4,6,18H,5,17H2,(H,19,20);1-7H,8H2;2H,1H3,(H,12,13);1-2,10H;1-4H,8H2;. The topological polar surface area (TPSA) is 331 Å². The molecule has 38 heteroatoms. The molecule has 0 radical (unpaired) electrons. The van der Waals surface area contributed by atoms with Crippen molar-refractivity contribution in [2.24, 2.45) is 5.11 Å². The molecular weight excluding hydrogens is 1800 g/mol. The maximum absolute atomic E-state index is 14.6. The summed E-state index contributed by atoms with van der Waals surface area (Å²) >= 11 is 0. The summed E-state index contributed by atoms with van der Waals surface area (Å²) in [6, 6.07) is 46.9. The fourth-order valence-electron chi connectivity index (χ4n) is 11.5. The number of aromatic carboxylic acids is 3. The Kier molecular flexibility index (Phi) is 40.9. The molecule has 13 aromatic rings. The number of nitrogen functional groups attached to an aromatic ring is 2. The summed E-state index contributed by atoms with van der Waals surface area (Å²) in [6.45, 7) is 8.05. The maximum atomic E-state index is 14.6. The number of para-hydroxylation sites is 1. The second-order valence-corrected chi connectivity index (χ2v) is 27.4. The van der Waals surface area contributed by atoms with Gasteiger partial charge in [0.1, 0.15) is 52.9 Å². The number of phenols is 2. The first-order valence-electron chi connectivity index (χ1n) is 37.7. The minimum absolute atomic E-state index is 0.0330. The van der Waals surface area contributed by atoms with Gasteiger partial charge in [-0.05, 0) is 188 Å². The van der Waals surface area contributed by atoms with E-state index in [9.17, 15) is 117 Å². The quantitative estimate of drug-likeness (QED) is 0.00651. The predicted molar refractivity (Wildman–Crippen MR) is 444 cm³/mol. The summed E-state index contributed by atoms with van der Waals surface area (Å²) in [7, 11) is 0. The van der Waals surface area contributed by atoms with Crippen molar-refractivity contribution in [3.05, 3.63) is 433 Å². The number of ketones is 2. The van der Waals surface area contributed by atoms with E-state index in [1.165, 1.54) is 125 Å². The van der Waals surface area contributed by atoms with E-state index in [-0.39, 0.29) is 151 Å². The molecule has 13 rings (SSSR count). The fourth-order valence-corrected chi connectivity index (χ4v) is 11.5. The van der Waals surface area contributed by atoms with E-state index >= 15 is 0 Å². The van der Waals surface area contributed by atoms with Gasteiger partial charge in [-0.2, -0.15) is 18.4 Å². The first-order valence-corrected chi connectivity index (χ1v) is 37.7. The number of carbonyl (C=O) groups excluding carboxylic acids is 4. The number of halogens is 20. The van der Waals surface area contributed by atoms with Crippen molar-refractivity contribution < 1.29 is 152 Å². The number of Topliss-reactive ketones (excluding diaryl/α,β-unsaturated/α-hetero) is 2. The molecule has 13 aromatic carbocycles. The van der Waals surface area contributed by atoms with Crippen LogP contribution in [0.2, 0.25) is 0 Å². The molecule has 0 spiro atoms. The number of hydrogen-bond acceptors (Lipinski definition) is 13. The van der Waals surface area contributed by atoms with Gasteiger partial charge in [-0.25, -0.2) is 93.4 Å². The number of carboxylic acids is 3. The van der Waals surface area contributed by atoms with E-state index in [1.54, 1.807) is 67.6 Å². The van der Waals surface area contributed by atoms with Crippen LogP contribution in [0.5, 0.6) is 17.2 Å². The number of carboxylic acid groups (broad SMARTS) is 3. The SMILES string of the molecule is CC(=O)c1cc(C)c(F)c(F)c1Cc1ccccc1F.CC(=O)c1cc(C)c(N=[N+]=[N-])c(F)c1Cc1ccccc1F.Cc1cc(C(=O)O)c(Cc2ccccc2F)c(F)c1F.Cc1cc(C(=O)O)c(F)c(F)c1F.Fc1ccc(OCc2ccccc2)c(F)c1F.Nc1c(O)cc(C(=O)O)c(Cc2ccccc2F)c1F.Nc1ccccc1F.O=C=O.Oc1ccc(F)c(F)c1F. The second kappa shape index (κ2) is 50.6. The number of hydrogen-bond donors (Lipinski definition) is 7.